The van der Waals surface area contributed by atoms with Crippen LogP contribution in [0.15, 0.2) is 133 Å². The van der Waals surface area contributed by atoms with Gasteiger partial charge in [0.2, 0.25) is 5.95 Å². The maximum Gasteiger partial charge on any atom is 0.238 e. The molecule has 0 saturated carbocycles. The third kappa shape index (κ3) is 4.06. The Balaban J connectivity index is 1.33. The highest BCUT2D eigenvalue weighted by molar-refractivity contribution is 6.31. The zero-order valence-corrected chi connectivity index (χ0v) is 26.7. The molecule has 4 aromatic heterocycles. The maximum atomic E-state index is 6.26. The molecule has 0 unspecified atom stereocenters. The Morgan fingerprint density at radius 1 is 0.417 bits per heavy atom. The number of rotatable bonds is 3. The van der Waals surface area contributed by atoms with E-state index in [1.807, 2.05) is 54.6 Å². The van der Waals surface area contributed by atoms with Gasteiger partial charge in [0, 0.05) is 42.7 Å². The molecule has 0 atom stereocenters. The van der Waals surface area contributed by atoms with Gasteiger partial charge in [-0.05, 0) is 78.2 Å². The molecule has 10 aromatic rings. The molecular formula is C40H22Cl2N6. The summed E-state index contributed by atoms with van der Waals surface area (Å²) in [6.45, 7) is 0. The molecule has 0 aliphatic rings. The molecule has 0 fully saturated rings. The molecule has 10 rings (SSSR count). The molecule has 0 amide bonds. The van der Waals surface area contributed by atoms with Crippen molar-refractivity contribution >= 4 is 83.4 Å². The number of nitrogens with zero attached hydrogens (tertiary/aromatic N) is 6. The van der Waals surface area contributed by atoms with Gasteiger partial charge in [-0.3, -0.25) is 8.97 Å². The van der Waals surface area contributed by atoms with Crippen LogP contribution in [0.25, 0.3) is 88.9 Å². The fourth-order valence-electron chi connectivity index (χ4n) is 6.91. The number of pyridine rings is 1. The first-order valence-electron chi connectivity index (χ1n) is 15.5. The van der Waals surface area contributed by atoms with Crippen LogP contribution in [0.2, 0.25) is 10.0 Å². The Morgan fingerprint density at radius 3 is 1.60 bits per heavy atom. The summed E-state index contributed by atoms with van der Waals surface area (Å²) in [5.74, 6) is 1.59. The largest absolute Gasteiger partial charge is 0.292 e. The van der Waals surface area contributed by atoms with Gasteiger partial charge in [0.25, 0.3) is 0 Å². The fraction of sp³-hybridized carbons (Fsp3) is 0. The Labute approximate surface area is 283 Å². The number of hydrogen-bond donors (Lipinski definition) is 0. The van der Waals surface area contributed by atoms with E-state index < -0.39 is 0 Å². The lowest BCUT2D eigenvalue weighted by Gasteiger charge is -2.11. The smallest absolute Gasteiger partial charge is 0.238 e. The first kappa shape index (κ1) is 27.3. The van der Waals surface area contributed by atoms with Crippen LogP contribution in [0, 0.1) is 0 Å². The molecular weight excluding hydrogens is 635 g/mol. The van der Waals surface area contributed by atoms with Gasteiger partial charge in [-0.1, -0.05) is 83.9 Å². The van der Waals surface area contributed by atoms with Crippen molar-refractivity contribution in [2.75, 3.05) is 0 Å². The summed E-state index contributed by atoms with van der Waals surface area (Å²) in [4.78, 5) is 20.3. The molecule has 8 heteroatoms. The fourth-order valence-corrected chi connectivity index (χ4v) is 7.16. The highest BCUT2D eigenvalue weighted by Crippen LogP contribution is 2.38. The van der Waals surface area contributed by atoms with Crippen LogP contribution in [0.3, 0.4) is 0 Å². The van der Waals surface area contributed by atoms with E-state index in [9.17, 15) is 0 Å². The molecule has 0 spiro atoms. The van der Waals surface area contributed by atoms with Crippen LogP contribution in [-0.2, 0) is 0 Å². The quantitative estimate of drug-likeness (QED) is 0.177. The number of imidazole rings is 1. The average molecular weight is 658 g/mol. The molecule has 0 aliphatic heterocycles. The van der Waals surface area contributed by atoms with E-state index in [1.54, 1.807) is 0 Å². The zero-order valence-electron chi connectivity index (χ0n) is 25.1. The van der Waals surface area contributed by atoms with Crippen LogP contribution in [0.4, 0.5) is 0 Å². The van der Waals surface area contributed by atoms with Crippen LogP contribution in [0.5, 0.6) is 0 Å². The molecule has 6 nitrogen and oxygen atoms in total. The van der Waals surface area contributed by atoms with Gasteiger partial charge in [-0.25, -0.2) is 9.97 Å². The normalized spacial score (nSPS) is 12.0. The minimum Gasteiger partial charge on any atom is -0.292 e. The van der Waals surface area contributed by atoms with E-state index in [0.717, 1.165) is 60.5 Å². The third-order valence-electron chi connectivity index (χ3n) is 9.08. The van der Waals surface area contributed by atoms with Crippen LogP contribution < -0.4 is 0 Å². The monoisotopic (exact) mass is 656 g/mol. The first-order chi connectivity index (χ1) is 23.6. The Morgan fingerprint density at radius 2 is 0.958 bits per heavy atom. The predicted molar refractivity (Wildman–Crippen MR) is 196 cm³/mol. The van der Waals surface area contributed by atoms with E-state index in [0.29, 0.717) is 27.6 Å². The highest BCUT2D eigenvalue weighted by atomic mass is 35.5. The molecule has 0 saturated heterocycles. The van der Waals surface area contributed by atoms with Crippen molar-refractivity contribution in [3.63, 3.8) is 0 Å². The standard InChI is InChI=1S/C40H22Cl2N6/c41-25-17-13-23(14-18-25)37-44-38(24-15-19-26(42)20-16-24)46-40(45-37)48-34-12-6-4-9-29(34)31-21-32-36(22-35(31)48)47-33-11-5-3-8-28(33)27-7-1-2-10-30(27)39(47)43-32/h1-22H. The second-order valence-corrected chi connectivity index (χ2v) is 12.7. The predicted octanol–water partition coefficient (Wildman–Crippen LogP) is 10.7. The minimum absolute atomic E-state index is 0.509. The molecule has 4 heterocycles. The van der Waals surface area contributed by atoms with Crippen LogP contribution in [0.1, 0.15) is 0 Å². The summed E-state index contributed by atoms with van der Waals surface area (Å²) in [5.41, 5.74) is 7.59. The highest BCUT2D eigenvalue weighted by Gasteiger charge is 2.21. The number of halogens is 2. The van der Waals surface area contributed by atoms with Crippen molar-refractivity contribution in [3.8, 4) is 28.7 Å². The van der Waals surface area contributed by atoms with E-state index in [-0.39, 0.29) is 0 Å². The summed E-state index contributed by atoms with van der Waals surface area (Å²) in [5, 5.41) is 6.92. The number of fused-ring (bicyclic) bond motifs is 11. The summed E-state index contributed by atoms with van der Waals surface area (Å²) in [7, 11) is 0. The molecule has 0 aliphatic carbocycles. The van der Waals surface area contributed by atoms with E-state index >= 15 is 0 Å². The zero-order chi connectivity index (χ0) is 31.9. The van der Waals surface area contributed by atoms with Crippen molar-refractivity contribution < 1.29 is 0 Å². The first-order valence-corrected chi connectivity index (χ1v) is 16.3. The van der Waals surface area contributed by atoms with Crippen molar-refractivity contribution in [2.24, 2.45) is 0 Å². The van der Waals surface area contributed by atoms with E-state index in [2.05, 4.69) is 87.8 Å². The molecule has 226 valence electrons. The van der Waals surface area contributed by atoms with E-state index in [1.165, 1.54) is 10.8 Å². The van der Waals surface area contributed by atoms with Gasteiger partial charge in [-0.15, -0.1) is 0 Å². The van der Waals surface area contributed by atoms with Crippen molar-refractivity contribution in [1.82, 2.24) is 28.9 Å². The minimum atomic E-state index is 0.509. The van der Waals surface area contributed by atoms with Gasteiger partial charge >= 0.3 is 0 Å². The molecule has 0 bridgehead atoms. The van der Waals surface area contributed by atoms with Crippen molar-refractivity contribution in [1.29, 1.82) is 0 Å². The number of benzene rings is 6. The second kappa shape index (κ2) is 10.3. The Bertz CT molecular complexity index is 2840. The lowest BCUT2D eigenvalue weighted by Crippen LogP contribution is -2.06. The van der Waals surface area contributed by atoms with Crippen LogP contribution in [-0.4, -0.2) is 28.9 Å². The molecule has 0 radical (unpaired) electrons. The number of hydrogen-bond acceptors (Lipinski definition) is 4. The molecule has 48 heavy (non-hydrogen) atoms. The summed E-state index contributed by atoms with van der Waals surface area (Å²) >= 11 is 12.5. The van der Waals surface area contributed by atoms with Gasteiger partial charge < -0.3 is 0 Å². The topological polar surface area (TPSA) is 60.9 Å². The van der Waals surface area contributed by atoms with Gasteiger partial charge in [0.05, 0.1) is 27.6 Å². The third-order valence-corrected chi connectivity index (χ3v) is 9.58. The Hall–Kier alpha value is -5.82. The van der Waals surface area contributed by atoms with Crippen molar-refractivity contribution in [3.05, 3.63) is 144 Å². The average Bonchev–Trinajstić information content (AvgIpc) is 3.67. The lowest BCUT2D eigenvalue weighted by atomic mass is 10.1. The van der Waals surface area contributed by atoms with Gasteiger partial charge in [0.15, 0.2) is 11.6 Å². The summed E-state index contributed by atoms with van der Waals surface area (Å²) < 4.78 is 4.41. The number of aromatic nitrogens is 6. The van der Waals surface area contributed by atoms with E-state index in [4.69, 9.17) is 43.1 Å². The van der Waals surface area contributed by atoms with Gasteiger partial charge in [-0.2, -0.15) is 9.97 Å². The second-order valence-electron chi connectivity index (χ2n) is 11.8. The summed E-state index contributed by atoms with van der Waals surface area (Å²) in [6.07, 6.45) is 0. The van der Waals surface area contributed by atoms with Crippen molar-refractivity contribution in [2.45, 2.75) is 0 Å². The lowest BCUT2D eigenvalue weighted by molar-refractivity contribution is 0.953. The Kier molecular flexibility index (Phi) is 5.88. The molecule has 0 N–H and O–H groups in total. The van der Waals surface area contributed by atoms with Gasteiger partial charge in [0.1, 0.15) is 5.65 Å². The summed E-state index contributed by atoms with van der Waals surface area (Å²) in [6, 6.07) is 44.9. The SMILES string of the molecule is Clc1ccc(-c2nc(-c3ccc(Cl)cc3)nc(-n3c4ccccc4c4cc5nc6c7ccccc7c7ccccc7n6c5cc43)n2)cc1. The maximum absolute atomic E-state index is 6.26. The van der Waals surface area contributed by atoms with Crippen LogP contribution >= 0.6 is 23.2 Å². The number of para-hydroxylation sites is 2. The molecule has 6 aromatic carbocycles.